The molecule has 0 fully saturated rings. The molecule has 0 saturated carbocycles. The molecular weight excluding hydrogens is 327 g/mol. The Morgan fingerprint density at radius 3 is 2.40 bits per heavy atom. The quantitative estimate of drug-likeness (QED) is 0.724. The minimum atomic E-state index is -0.544. The van der Waals surface area contributed by atoms with Gasteiger partial charge in [0.05, 0.1) is 0 Å². The predicted molar refractivity (Wildman–Crippen MR) is 86.8 cm³/mol. The van der Waals surface area contributed by atoms with Crippen LogP contribution in [0.2, 0.25) is 0 Å². The second-order valence-electron chi connectivity index (χ2n) is 5.14. The Morgan fingerprint density at radius 2 is 1.76 bits per heavy atom. The number of hydrogen-bond donors (Lipinski definition) is 2. The van der Waals surface area contributed by atoms with Crippen LogP contribution < -0.4 is 11.1 Å². The number of carbonyl (C=O) groups excluding carboxylic acids is 2. The second-order valence-corrected chi connectivity index (χ2v) is 5.14. The minimum Gasteiger partial charge on any atom is -0.366 e. The van der Waals surface area contributed by atoms with Gasteiger partial charge < -0.3 is 11.1 Å². The summed E-state index contributed by atoms with van der Waals surface area (Å²) in [5.41, 5.74) is 6.60. The van der Waals surface area contributed by atoms with Gasteiger partial charge in [0.25, 0.3) is 0 Å². The number of anilines is 1. The smallest absolute Gasteiger partial charge is 0.248 e. The molecule has 126 valence electrons. The van der Waals surface area contributed by atoms with Gasteiger partial charge in [-0.25, -0.2) is 4.39 Å². The maximum atomic E-state index is 12.9. The zero-order valence-corrected chi connectivity index (χ0v) is 12.9. The SMILES string of the molecule is NC(=O)c1ccc(NC(=O)Cn2nnc(-c3ccc(F)cc3)n2)cc1. The van der Waals surface area contributed by atoms with Crippen LogP contribution in [0.15, 0.2) is 48.5 Å². The standard InChI is InChI=1S/C16H13FN6O2/c17-12-5-1-11(2-6-12)16-20-22-23(21-16)9-14(24)19-13-7-3-10(4-8-13)15(18)25/h1-8H,9H2,(H2,18,25)(H,19,24). The summed E-state index contributed by atoms with van der Waals surface area (Å²) in [6.07, 6.45) is 0. The Kier molecular flexibility index (Phi) is 4.46. The molecule has 0 saturated heterocycles. The monoisotopic (exact) mass is 340 g/mol. The van der Waals surface area contributed by atoms with E-state index in [1.165, 1.54) is 36.4 Å². The van der Waals surface area contributed by atoms with Crippen molar-refractivity contribution in [1.82, 2.24) is 20.2 Å². The lowest BCUT2D eigenvalue weighted by Crippen LogP contribution is -2.20. The van der Waals surface area contributed by atoms with Crippen molar-refractivity contribution in [2.75, 3.05) is 5.32 Å². The molecule has 0 aliphatic carbocycles. The number of nitrogens with zero attached hydrogens (tertiary/aromatic N) is 4. The first-order chi connectivity index (χ1) is 12.0. The Labute approximate surface area is 141 Å². The van der Waals surface area contributed by atoms with Gasteiger partial charge in [-0.15, -0.1) is 10.2 Å². The number of benzene rings is 2. The van der Waals surface area contributed by atoms with E-state index in [0.29, 0.717) is 22.6 Å². The molecule has 2 amide bonds. The van der Waals surface area contributed by atoms with E-state index in [9.17, 15) is 14.0 Å². The van der Waals surface area contributed by atoms with Crippen LogP contribution in [0.4, 0.5) is 10.1 Å². The second kappa shape index (κ2) is 6.87. The summed E-state index contributed by atoms with van der Waals surface area (Å²) in [6.45, 7) is -0.147. The van der Waals surface area contributed by atoms with Gasteiger partial charge in [-0.3, -0.25) is 9.59 Å². The van der Waals surface area contributed by atoms with Crippen LogP contribution >= 0.6 is 0 Å². The van der Waals surface area contributed by atoms with Crippen LogP contribution in [-0.4, -0.2) is 32.0 Å². The number of nitrogens with one attached hydrogen (secondary N) is 1. The topological polar surface area (TPSA) is 116 Å². The fourth-order valence-corrected chi connectivity index (χ4v) is 2.07. The summed E-state index contributed by atoms with van der Waals surface area (Å²) < 4.78 is 12.9. The van der Waals surface area contributed by atoms with E-state index in [0.717, 1.165) is 4.80 Å². The van der Waals surface area contributed by atoms with Crippen LogP contribution in [0.3, 0.4) is 0 Å². The lowest BCUT2D eigenvalue weighted by atomic mass is 10.2. The maximum absolute atomic E-state index is 12.9. The molecular formula is C16H13FN6O2. The van der Waals surface area contributed by atoms with E-state index < -0.39 is 5.91 Å². The average Bonchev–Trinajstić information content (AvgIpc) is 3.04. The minimum absolute atomic E-state index is 0.147. The molecule has 8 nitrogen and oxygen atoms in total. The third-order valence-electron chi connectivity index (χ3n) is 3.29. The van der Waals surface area contributed by atoms with E-state index in [-0.39, 0.29) is 18.3 Å². The zero-order valence-electron chi connectivity index (χ0n) is 12.9. The molecule has 0 aliphatic rings. The molecule has 2 aromatic carbocycles. The van der Waals surface area contributed by atoms with Crippen LogP contribution in [-0.2, 0) is 11.3 Å². The normalized spacial score (nSPS) is 10.4. The summed E-state index contributed by atoms with van der Waals surface area (Å²) in [4.78, 5) is 24.1. The summed E-state index contributed by atoms with van der Waals surface area (Å²) in [6, 6.07) is 11.8. The summed E-state index contributed by atoms with van der Waals surface area (Å²) in [7, 11) is 0. The van der Waals surface area contributed by atoms with E-state index in [1.54, 1.807) is 12.1 Å². The first kappa shape index (κ1) is 16.2. The number of hydrogen-bond acceptors (Lipinski definition) is 5. The third-order valence-corrected chi connectivity index (χ3v) is 3.29. The number of nitrogens with two attached hydrogens (primary N) is 1. The van der Waals surface area contributed by atoms with Crippen LogP contribution in [0.1, 0.15) is 10.4 Å². The van der Waals surface area contributed by atoms with Crippen molar-refractivity contribution in [3.63, 3.8) is 0 Å². The Bertz CT molecular complexity index is 905. The fourth-order valence-electron chi connectivity index (χ4n) is 2.07. The molecule has 1 heterocycles. The fraction of sp³-hybridized carbons (Fsp3) is 0.0625. The van der Waals surface area contributed by atoms with E-state index >= 15 is 0 Å². The molecule has 1 aromatic heterocycles. The molecule has 3 N–H and O–H groups in total. The molecule has 0 unspecified atom stereocenters. The predicted octanol–water partition coefficient (Wildman–Crippen LogP) is 1.22. The lowest BCUT2D eigenvalue weighted by Gasteiger charge is -2.04. The van der Waals surface area contributed by atoms with Gasteiger partial charge in [0, 0.05) is 16.8 Å². The van der Waals surface area contributed by atoms with Crippen molar-refractivity contribution in [3.05, 3.63) is 59.9 Å². The number of primary amides is 1. The third kappa shape index (κ3) is 4.02. The van der Waals surface area contributed by atoms with Crippen molar-refractivity contribution in [1.29, 1.82) is 0 Å². The number of halogens is 1. The van der Waals surface area contributed by atoms with Gasteiger partial charge in [0.2, 0.25) is 17.6 Å². The molecule has 9 heteroatoms. The van der Waals surface area contributed by atoms with Gasteiger partial charge in [-0.05, 0) is 53.7 Å². The van der Waals surface area contributed by atoms with Crippen molar-refractivity contribution in [2.24, 2.45) is 5.73 Å². The van der Waals surface area contributed by atoms with Gasteiger partial charge in [-0.1, -0.05) is 0 Å². The van der Waals surface area contributed by atoms with Crippen molar-refractivity contribution < 1.29 is 14.0 Å². The molecule has 0 bridgehead atoms. The van der Waals surface area contributed by atoms with Gasteiger partial charge >= 0.3 is 0 Å². The molecule has 3 aromatic rings. The highest BCUT2D eigenvalue weighted by Gasteiger charge is 2.10. The van der Waals surface area contributed by atoms with Crippen molar-refractivity contribution >= 4 is 17.5 Å². The maximum Gasteiger partial charge on any atom is 0.248 e. The van der Waals surface area contributed by atoms with Gasteiger partial charge in [-0.2, -0.15) is 4.80 Å². The van der Waals surface area contributed by atoms with Gasteiger partial charge in [0.1, 0.15) is 12.4 Å². The molecule has 0 spiro atoms. The summed E-state index contributed by atoms with van der Waals surface area (Å²) in [5.74, 6) is -0.982. The molecule has 0 atom stereocenters. The average molecular weight is 340 g/mol. The van der Waals surface area contributed by atoms with Crippen molar-refractivity contribution in [3.8, 4) is 11.4 Å². The van der Waals surface area contributed by atoms with Crippen LogP contribution in [0.25, 0.3) is 11.4 Å². The number of rotatable bonds is 5. The number of aromatic nitrogens is 4. The van der Waals surface area contributed by atoms with E-state index in [1.807, 2.05) is 0 Å². The lowest BCUT2D eigenvalue weighted by molar-refractivity contribution is -0.117. The number of carbonyl (C=O) groups is 2. The van der Waals surface area contributed by atoms with E-state index in [4.69, 9.17) is 5.73 Å². The summed E-state index contributed by atoms with van der Waals surface area (Å²) >= 11 is 0. The Hall–Kier alpha value is -3.62. The van der Waals surface area contributed by atoms with Crippen molar-refractivity contribution in [2.45, 2.75) is 6.54 Å². The highest BCUT2D eigenvalue weighted by atomic mass is 19.1. The number of tetrazole rings is 1. The zero-order chi connectivity index (χ0) is 17.8. The van der Waals surface area contributed by atoms with E-state index in [2.05, 4.69) is 20.7 Å². The highest BCUT2D eigenvalue weighted by molar-refractivity contribution is 5.94. The Balaban J connectivity index is 1.63. The molecule has 3 rings (SSSR count). The molecule has 25 heavy (non-hydrogen) atoms. The molecule has 0 radical (unpaired) electrons. The highest BCUT2D eigenvalue weighted by Crippen LogP contribution is 2.14. The Morgan fingerprint density at radius 1 is 1.08 bits per heavy atom. The largest absolute Gasteiger partial charge is 0.366 e. The van der Waals surface area contributed by atoms with Gasteiger partial charge in [0.15, 0.2) is 0 Å². The number of amides is 2. The summed E-state index contributed by atoms with van der Waals surface area (Å²) in [5, 5.41) is 14.4. The first-order valence-electron chi connectivity index (χ1n) is 7.25. The van der Waals surface area contributed by atoms with Crippen LogP contribution in [0, 0.1) is 5.82 Å². The molecule has 0 aliphatic heterocycles. The van der Waals surface area contributed by atoms with Crippen LogP contribution in [0.5, 0.6) is 0 Å². The first-order valence-corrected chi connectivity index (χ1v) is 7.25.